The maximum atomic E-state index is 13.6. The van der Waals surface area contributed by atoms with Crippen LogP contribution in [0.2, 0.25) is 0 Å². The van der Waals surface area contributed by atoms with E-state index in [1.165, 1.54) is 0 Å². The lowest BCUT2D eigenvalue weighted by molar-refractivity contribution is -0.139. The van der Waals surface area contributed by atoms with E-state index in [0.717, 1.165) is 48.6 Å². The number of halogens is 1. The standard InChI is InChI=1S/C32H23BrN2O3/c33-21-13-9-20(10-14-21)18-38-22-15-11-19(12-16-22)17-34-35-31(36)29-27-23-5-1-2-6-24(23)28(30(29)32(35)37)26-8-4-3-7-25(26)27/h1-17,27-30H,18H2/b34-17+. The fourth-order valence-corrected chi connectivity index (χ4v) is 6.56. The Morgan fingerprint density at radius 2 is 1.21 bits per heavy atom. The summed E-state index contributed by atoms with van der Waals surface area (Å²) in [6.45, 7) is 0.466. The first-order valence-electron chi connectivity index (χ1n) is 12.7. The number of hydrazone groups is 1. The smallest absolute Gasteiger partial charge is 0.254 e. The molecule has 0 spiro atoms. The monoisotopic (exact) mass is 562 g/mol. The molecule has 1 saturated heterocycles. The van der Waals surface area contributed by atoms with Gasteiger partial charge in [-0.05, 0) is 69.8 Å². The van der Waals surface area contributed by atoms with Crippen LogP contribution in [0.5, 0.6) is 5.75 Å². The SMILES string of the molecule is O=C1C2C3c4ccccc4C(c4ccccc43)C2C(=O)N1/N=C/c1ccc(OCc2ccc(Br)cc2)cc1. The van der Waals surface area contributed by atoms with Gasteiger partial charge in [0.1, 0.15) is 12.4 Å². The second-order valence-corrected chi connectivity index (χ2v) is 10.9. The molecule has 1 heterocycles. The van der Waals surface area contributed by atoms with Crippen LogP contribution in [-0.4, -0.2) is 23.0 Å². The number of carbonyl (C=O) groups is 2. The summed E-state index contributed by atoms with van der Waals surface area (Å²) in [5, 5.41) is 5.50. The van der Waals surface area contributed by atoms with Crippen molar-refractivity contribution in [3.63, 3.8) is 0 Å². The third-order valence-electron chi connectivity index (χ3n) is 7.95. The number of hydrogen-bond acceptors (Lipinski definition) is 4. The third-order valence-corrected chi connectivity index (χ3v) is 8.48. The Morgan fingerprint density at radius 1 is 0.711 bits per heavy atom. The number of nitrogens with zero attached hydrogens (tertiary/aromatic N) is 2. The molecule has 2 amide bonds. The zero-order valence-electron chi connectivity index (χ0n) is 20.3. The van der Waals surface area contributed by atoms with Gasteiger partial charge in [0.05, 0.1) is 18.1 Å². The average molecular weight is 563 g/mol. The van der Waals surface area contributed by atoms with Crippen LogP contribution in [0.25, 0.3) is 0 Å². The highest BCUT2D eigenvalue weighted by Gasteiger charge is 2.61. The normalized spacial score (nSPS) is 22.9. The fraction of sp³-hybridized carbons (Fsp3) is 0.156. The van der Waals surface area contributed by atoms with E-state index < -0.39 is 11.8 Å². The summed E-state index contributed by atoms with van der Waals surface area (Å²) in [5.41, 5.74) is 6.48. The average Bonchev–Trinajstić information content (AvgIpc) is 3.21. The minimum absolute atomic E-state index is 0.129. The minimum atomic E-state index is -0.427. The number of hydrogen-bond donors (Lipinski definition) is 0. The number of imide groups is 1. The highest BCUT2D eigenvalue weighted by atomic mass is 79.9. The number of benzene rings is 4. The van der Waals surface area contributed by atoms with Gasteiger partial charge in [0.2, 0.25) is 0 Å². The topological polar surface area (TPSA) is 59.0 Å². The highest BCUT2D eigenvalue weighted by molar-refractivity contribution is 9.10. The summed E-state index contributed by atoms with van der Waals surface area (Å²) < 4.78 is 6.91. The molecule has 0 aromatic heterocycles. The first-order valence-corrected chi connectivity index (χ1v) is 13.5. The highest BCUT2D eigenvalue weighted by Crippen LogP contribution is 2.60. The number of amides is 2. The van der Waals surface area contributed by atoms with Gasteiger partial charge in [-0.2, -0.15) is 10.1 Å². The largest absolute Gasteiger partial charge is 0.489 e. The number of carbonyl (C=O) groups excluding carboxylic acids is 2. The van der Waals surface area contributed by atoms with Crippen molar-refractivity contribution in [3.8, 4) is 5.75 Å². The lowest BCUT2D eigenvalue weighted by Gasteiger charge is -2.45. The van der Waals surface area contributed by atoms with Crippen LogP contribution in [0.4, 0.5) is 0 Å². The minimum Gasteiger partial charge on any atom is -0.489 e. The number of rotatable bonds is 5. The van der Waals surface area contributed by atoms with Gasteiger partial charge in [-0.3, -0.25) is 9.59 Å². The quantitative estimate of drug-likeness (QED) is 0.213. The van der Waals surface area contributed by atoms with E-state index in [1.807, 2.05) is 72.8 Å². The van der Waals surface area contributed by atoms with Crippen LogP contribution < -0.4 is 4.74 Å². The molecule has 4 aromatic carbocycles. The molecule has 0 N–H and O–H groups in total. The van der Waals surface area contributed by atoms with Crippen molar-refractivity contribution in [3.05, 3.63) is 135 Å². The Bertz CT molecular complexity index is 1480. The van der Waals surface area contributed by atoms with Gasteiger partial charge in [-0.15, -0.1) is 0 Å². The molecular weight excluding hydrogens is 540 g/mol. The number of ether oxygens (including phenoxy) is 1. The molecular formula is C32H23BrN2O3. The van der Waals surface area contributed by atoms with Crippen molar-refractivity contribution in [2.75, 3.05) is 0 Å². The van der Waals surface area contributed by atoms with Crippen LogP contribution in [0, 0.1) is 11.8 Å². The Labute approximate surface area is 228 Å². The summed E-state index contributed by atoms with van der Waals surface area (Å²) in [5.74, 6) is -0.814. The molecule has 2 atom stereocenters. The second kappa shape index (κ2) is 9.07. The fourth-order valence-electron chi connectivity index (χ4n) is 6.30. The zero-order valence-corrected chi connectivity index (χ0v) is 21.9. The first kappa shape index (κ1) is 23.1. The van der Waals surface area contributed by atoms with Crippen LogP contribution in [0.3, 0.4) is 0 Å². The van der Waals surface area contributed by atoms with Crippen molar-refractivity contribution in [1.82, 2.24) is 5.01 Å². The van der Waals surface area contributed by atoms with Gasteiger partial charge in [-0.25, -0.2) is 0 Å². The van der Waals surface area contributed by atoms with E-state index in [-0.39, 0.29) is 23.7 Å². The first-order chi connectivity index (χ1) is 18.6. The molecule has 0 saturated carbocycles. The van der Waals surface area contributed by atoms with E-state index in [0.29, 0.717) is 6.61 Å². The van der Waals surface area contributed by atoms with Gasteiger partial charge in [0.25, 0.3) is 11.8 Å². The van der Waals surface area contributed by atoms with Crippen molar-refractivity contribution in [2.45, 2.75) is 18.4 Å². The van der Waals surface area contributed by atoms with Crippen molar-refractivity contribution in [1.29, 1.82) is 0 Å². The molecule has 3 aliphatic carbocycles. The lowest BCUT2D eigenvalue weighted by Crippen LogP contribution is -2.41. The molecule has 186 valence electrons. The second-order valence-electron chi connectivity index (χ2n) is 9.98. The molecule has 2 unspecified atom stereocenters. The molecule has 4 aliphatic rings. The van der Waals surface area contributed by atoms with Gasteiger partial charge < -0.3 is 4.74 Å². The summed E-state index contributed by atoms with van der Waals surface area (Å²) in [7, 11) is 0. The molecule has 5 nitrogen and oxygen atoms in total. The molecule has 0 radical (unpaired) electrons. The molecule has 38 heavy (non-hydrogen) atoms. The van der Waals surface area contributed by atoms with Crippen LogP contribution in [0.15, 0.2) is 107 Å². The van der Waals surface area contributed by atoms with E-state index in [9.17, 15) is 9.59 Å². The van der Waals surface area contributed by atoms with Crippen LogP contribution >= 0.6 is 15.9 Å². The Morgan fingerprint density at radius 3 is 1.71 bits per heavy atom. The summed E-state index contributed by atoms with van der Waals surface area (Å²) in [6, 6.07) is 31.9. The van der Waals surface area contributed by atoms with E-state index in [2.05, 4.69) is 45.3 Å². The summed E-state index contributed by atoms with van der Waals surface area (Å²) in [6.07, 6.45) is 1.58. The van der Waals surface area contributed by atoms with Gasteiger partial charge in [-0.1, -0.05) is 76.6 Å². The van der Waals surface area contributed by atoms with Crippen LogP contribution in [0.1, 0.15) is 45.2 Å². The van der Waals surface area contributed by atoms with E-state index >= 15 is 0 Å². The van der Waals surface area contributed by atoms with Crippen LogP contribution in [-0.2, 0) is 16.2 Å². The van der Waals surface area contributed by atoms with Gasteiger partial charge >= 0.3 is 0 Å². The predicted octanol–water partition coefficient (Wildman–Crippen LogP) is 6.25. The molecule has 4 aromatic rings. The Kier molecular flexibility index (Phi) is 5.51. The molecule has 6 heteroatoms. The third kappa shape index (κ3) is 3.63. The van der Waals surface area contributed by atoms with Crippen molar-refractivity contribution < 1.29 is 14.3 Å². The predicted molar refractivity (Wildman–Crippen MR) is 148 cm³/mol. The molecule has 1 fully saturated rings. The maximum absolute atomic E-state index is 13.6. The zero-order chi connectivity index (χ0) is 25.8. The Balaban J connectivity index is 1.12. The molecule has 2 bridgehead atoms. The van der Waals surface area contributed by atoms with Crippen molar-refractivity contribution in [2.24, 2.45) is 16.9 Å². The van der Waals surface area contributed by atoms with Gasteiger partial charge in [0, 0.05) is 16.3 Å². The summed E-state index contributed by atoms with van der Waals surface area (Å²) in [4.78, 5) is 27.3. The van der Waals surface area contributed by atoms with Gasteiger partial charge in [0.15, 0.2) is 0 Å². The Hall–Kier alpha value is -4.03. The van der Waals surface area contributed by atoms with Crippen molar-refractivity contribution >= 4 is 34.0 Å². The maximum Gasteiger partial charge on any atom is 0.254 e. The molecule has 1 aliphatic heterocycles. The summed E-state index contributed by atoms with van der Waals surface area (Å²) >= 11 is 3.44. The van der Waals surface area contributed by atoms with E-state index in [1.54, 1.807) is 6.21 Å². The van der Waals surface area contributed by atoms with E-state index in [4.69, 9.17) is 4.74 Å². The molecule has 8 rings (SSSR count). The lowest BCUT2D eigenvalue weighted by atomic mass is 9.55.